The van der Waals surface area contributed by atoms with Crippen molar-refractivity contribution in [2.45, 2.75) is 44.9 Å². The molecular formula is C20H28N2O. The molecule has 1 N–H and O–H groups in total. The van der Waals surface area contributed by atoms with Crippen molar-refractivity contribution < 1.29 is 4.65 Å². The molecule has 2 aliphatic carbocycles. The molecular weight excluding hydrogens is 284 g/mol. The zero-order valence-electron chi connectivity index (χ0n) is 14.0. The first kappa shape index (κ1) is 15.2. The van der Waals surface area contributed by atoms with E-state index in [-0.39, 0.29) is 4.65 Å². The Bertz CT molecular complexity index is 638. The summed E-state index contributed by atoms with van der Waals surface area (Å²) in [5, 5.41) is 14.6. The zero-order chi connectivity index (χ0) is 15.7. The number of hydrogen-bond acceptors (Lipinski definition) is 1. The van der Waals surface area contributed by atoms with Gasteiger partial charge in [-0.15, -0.1) is 0 Å². The normalized spacial score (nSPS) is 18.7. The van der Waals surface area contributed by atoms with Crippen molar-refractivity contribution in [1.29, 1.82) is 0 Å². The molecule has 2 aromatic rings. The molecule has 0 unspecified atom stereocenters. The molecule has 0 spiro atoms. The van der Waals surface area contributed by atoms with Gasteiger partial charge in [-0.3, -0.25) is 0 Å². The summed E-state index contributed by atoms with van der Waals surface area (Å²) >= 11 is 0. The van der Waals surface area contributed by atoms with Gasteiger partial charge in [0.2, 0.25) is 0 Å². The van der Waals surface area contributed by atoms with Crippen LogP contribution in [-0.2, 0) is 6.42 Å². The summed E-state index contributed by atoms with van der Waals surface area (Å²) in [6, 6.07) is 8.41. The number of aromatic amines is 1. The first-order valence-electron chi connectivity index (χ1n) is 9.34. The van der Waals surface area contributed by atoms with E-state index in [4.69, 9.17) is 0 Å². The Hall–Kier alpha value is -1.32. The fourth-order valence-corrected chi connectivity index (χ4v) is 3.65. The average molecular weight is 312 g/mol. The van der Waals surface area contributed by atoms with Crippen LogP contribution in [0.2, 0.25) is 0 Å². The van der Waals surface area contributed by atoms with Gasteiger partial charge in [0.15, 0.2) is 0 Å². The number of para-hydroxylation sites is 1. The molecule has 2 fully saturated rings. The Kier molecular flexibility index (Phi) is 4.16. The van der Waals surface area contributed by atoms with E-state index >= 15 is 0 Å². The molecule has 2 saturated carbocycles. The van der Waals surface area contributed by atoms with E-state index in [9.17, 15) is 5.21 Å². The molecule has 23 heavy (non-hydrogen) atoms. The van der Waals surface area contributed by atoms with E-state index in [0.717, 1.165) is 50.7 Å². The standard InChI is InChI=1S/C20H28N2O/c23-22(12-9-16-5-6-16,13-10-17-7-8-17)14-11-18-15-21-20-4-2-1-3-19(18)20/h1-4,15-17,21H,5-14H2. The SMILES string of the molecule is [O-][N+](CCc1c[nH]c2ccccc12)(CCC1CC1)CCC1CC1. The van der Waals surface area contributed by atoms with Crippen molar-refractivity contribution in [2.24, 2.45) is 11.8 Å². The van der Waals surface area contributed by atoms with Gasteiger partial charge in [0, 0.05) is 23.5 Å². The van der Waals surface area contributed by atoms with E-state index in [0.29, 0.717) is 0 Å². The third-order valence-corrected chi connectivity index (χ3v) is 5.75. The molecule has 0 atom stereocenters. The van der Waals surface area contributed by atoms with Crippen molar-refractivity contribution in [1.82, 2.24) is 4.98 Å². The molecule has 3 heteroatoms. The van der Waals surface area contributed by atoms with E-state index in [2.05, 4.69) is 35.4 Å². The quantitative estimate of drug-likeness (QED) is 0.532. The predicted molar refractivity (Wildman–Crippen MR) is 94.9 cm³/mol. The lowest BCUT2D eigenvalue weighted by Crippen LogP contribution is -2.45. The number of rotatable bonds is 9. The summed E-state index contributed by atoms with van der Waals surface area (Å²) in [4.78, 5) is 3.34. The molecule has 1 heterocycles. The molecule has 0 bridgehead atoms. The van der Waals surface area contributed by atoms with Gasteiger partial charge in [0.25, 0.3) is 0 Å². The van der Waals surface area contributed by atoms with Crippen molar-refractivity contribution in [3.8, 4) is 0 Å². The van der Waals surface area contributed by atoms with Crippen LogP contribution in [-0.4, -0.2) is 29.3 Å². The van der Waals surface area contributed by atoms with Crippen LogP contribution in [0.15, 0.2) is 30.5 Å². The van der Waals surface area contributed by atoms with Crippen LogP contribution < -0.4 is 0 Å². The smallest absolute Gasteiger partial charge is 0.0825 e. The second kappa shape index (κ2) is 6.29. The van der Waals surface area contributed by atoms with Crippen LogP contribution in [0.4, 0.5) is 0 Å². The number of hydroxylamine groups is 3. The second-order valence-corrected chi connectivity index (χ2v) is 7.80. The lowest BCUT2D eigenvalue weighted by Gasteiger charge is -2.43. The Morgan fingerprint density at radius 2 is 1.61 bits per heavy atom. The van der Waals surface area contributed by atoms with Gasteiger partial charge >= 0.3 is 0 Å². The molecule has 1 aromatic heterocycles. The summed E-state index contributed by atoms with van der Waals surface area (Å²) in [7, 11) is 0. The van der Waals surface area contributed by atoms with Gasteiger partial charge in [-0.05, 0) is 62.0 Å². The topological polar surface area (TPSA) is 38.8 Å². The van der Waals surface area contributed by atoms with Crippen LogP contribution in [0, 0.1) is 17.0 Å². The zero-order valence-corrected chi connectivity index (χ0v) is 14.0. The minimum atomic E-state index is 0.0342. The highest BCUT2D eigenvalue weighted by atomic mass is 16.5. The van der Waals surface area contributed by atoms with Crippen molar-refractivity contribution in [2.75, 3.05) is 19.6 Å². The highest BCUT2D eigenvalue weighted by Crippen LogP contribution is 2.35. The van der Waals surface area contributed by atoms with Crippen molar-refractivity contribution in [3.63, 3.8) is 0 Å². The molecule has 124 valence electrons. The minimum Gasteiger partial charge on any atom is -0.633 e. The number of benzene rings is 1. The Morgan fingerprint density at radius 3 is 2.26 bits per heavy atom. The Labute approximate surface area is 138 Å². The summed E-state index contributed by atoms with van der Waals surface area (Å²) in [5.41, 5.74) is 2.49. The number of aromatic nitrogens is 1. The maximum Gasteiger partial charge on any atom is 0.0825 e. The Morgan fingerprint density at radius 1 is 0.957 bits per heavy atom. The third kappa shape index (κ3) is 3.96. The summed E-state index contributed by atoms with van der Waals surface area (Å²) < 4.78 is 0.0342. The highest BCUT2D eigenvalue weighted by molar-refractivity contribution is 5.82. The number of quaternary nitrogens is 1. The molecule has 0 aliphatic heterocycles. The molecule has 2 aliphatic rings. The number of hydrogen-bond donors (Lipinski definition) is 1. The van der Waals surface area contributed by atoms with Gasteiger partial charge in [0.05, 0.1) is 19.6 Å². The minimum absolute atomic E-state index is 0.0342. The van der Waals surface area contributed by atoms with E-state index in [1.54, 1.807) is 0 Å². The van der Waals surface area contributed by atoms with Crippen molar-refractivity contribution >= 4 is 10.9 Å². The van der Waals surface area contributed by atoms with Crippen LogP contribution in [0.5, 0.6) is 0 Å². The fourth-order valence-electron chi connectivity index (χ4n) is 3.65. The van der Waals surface area contributed by atoms with Crippen molar-refractivity contribution in [3.05, 3.63) is 41.2 Å². The predicted octanol–water partition coefficient (Wildman–Crippen LogP) is 4.63. The molecule has 3 nitrogen and oxygen atoms in total. The van der Waals surface area contributed by atoms with Gasteiger partial charge < -0.3 is 14.8 Å². The van der Waals surface area contributed by atoms with E-state index in [1.807, 2.05) is 0 Å². The van der Waals surface area contributed by atoms with Gasteiger partial charge in [-0.25, -0.2) is 0 Å². The molecule has 4 rings (SSSR count). The van der Waals surface area contributed by atoms with Gasteiger partial charge in [-0.2, -0.15) is 0 Å². The maximum absolute atomic E-state index is 13.3. The number of nitrogens with zero attached hydrogens (tertiary/aromatic N) is 1. The average Bonchev–Trinajstić information content (AvgIpc) is 3.48. The first-order chi connectivity index (χ1) is 11.2. The summed E-state index contributed by atoms with van der Waals surface area (Å²) in [6.45, 7) is 2.40. The molecule has 0 saturated heterocycles. The number of H-pyrrole nitrogens is 1. The highest BCUT2D eigenvalue weighted by Gasteiger charge is 2.29. The lowest BCUT2D eigenvalue weighted by molar-refractivity contribution is -0.881. The first-order valence-corrected chi connectivity index (χ1v) is 9.34. The number of nitrogens with one attached hydrogen (secondary N) is 1. The largest absolute Gasteiger partial charge is 0.633 e. The molecule has 0 amide bonds. The van der Waals surface area contributed by atoms with Gasteiger partial charge in [0.1, 0.15) is 0 Å². The van der Waals surface area contributed by atoms with Crippen LogP contribution >= 0.6 is 0 Å². The number of fused-ring (bicyclic) bond motifs is 1. The third-order valence-electron chi connectivity index (χ3n) is 5.75. The Balaban J connectivity index is 1.40. The van der Waals surface area contributed by atoms with Crippen LogP contribution in [0.25, 0.3) is 10.9 Å². The lowest BCUT2D eigenvalue weighted by atomic mass is 10.1. The monoisotopic (exact) mass is 312 g/mol. The summed E-state index contributed by atoms with van der Waals surface area (Å²) in [5.74, 6) is 1.71. The van der Waals surface area contributed by atoms with Crippen LogP contribution in [0.3, 0.4) is 0 Å². The summed E-state index contributed by atoms with van der Waals surface area (Å²) in [6.07, 6.45) is 10.7. The van der Waals surface area contributed by atoms with Crippen LogP contribution in [0.1, 0.15) is 44.1 Å². The van der Waals surface area contributed by atoms with E-state index in [1.165, 1.54) is 42.1 Å². The maximum atomic E-state index is 13.3. The van der Waals surface area contributed by atoms with E-state index < -0.39 is 0 Å². The second-order valence-electron chi connectivity index (χ2n) is 7.80. The van der Waals surface area contributed by atoms with Gasteiger partial charge in [-0.1, -0.05) is 18.2 Å². The molecule has 0 radical (unpaired) electrons. The fraction of sp³-hybridized carbons (Fsp3) is 0.600. The molecule has 1 aromatic carbocycles.